The average molecular weight is 229 g/mol. The molecule has 5 nitrogen and oxygen atoms in total. The van der Waals surface area contributed by atoms with Crippen molar-refractivity contribution in [1.29, 1.82) is 0 Å². The minimum Gasteiger partial charge on any atom is -0.329 e. The van der Waals surface area contributed by atoms with E-state index in [9.17, 15) is 9.59 Å². The number of hydrogen-bond donors (Lipinski definition) is 0. The summed E-state index contributed by atoms with van der Waals surface area (Å²) in [6, 6.07) is 5.73. The summed E-state index contributed by atoms with van der Waals surface area (Å²) >= 11 is 0. The Bertz CT molecular complexity index is 603. The van der Waals surface area contributed by atoms with E-state index in [4.69, 9.17) is 0 Å². The molecule has 1 aliphatic heterocycles. The van der Waals surface area contributed by atoms with E-state index in [-0.39, 0.29) is 24.7 Å². The van der Waals surface area contributed by atoms with Gasteiger partial charge in [0.1, 0.15) is 5.65 Å². The van der Waals surface area contributed by atoms with Gasteiger partial charge in [-0.05, 0) is 12.1 Å². The summed E-state index contributed by atoms with van der Waals surface area (Å²) < 4.78 is 1.93. The van der Waals surface area contributed by atoms with E-state index < -0.39 is 0 Å². The number of Topliss-reactive ketones (excluding diaryl/α,β-unsaturated/α-hetero) is 1. The van der Waals surface area contributed by atoms with Gasteiger partial charge in [0, 0.05) is 6.20 Å². The summed E-state index contributed by atoms with van der Waals surface area (Å²) in [5.74, 6) is -0.107. The molecule has 1 fully saturated rings. The molecule has 0 N–H and O–H groups in total. The SMILES string of the molecule is O=C1CC(=O)N(Cc2cnc3ccccn23)C1. The number of ketones is 1. The fourth-order valence-electron chi connectivity index (χ4n) is 2.08. The third kappa shape index (κ3) is 1.69. The molecule has 0 unspecified atom stereocenters. The maximum absolute atomic E-state index is 11.5. The van der Waals surface area contributed by atoms with E-state index in [0.29, 0.717) is 6.54 Å². The van der Waals surface area contributed by atoms with Crippen LogP contribution in [0.2, 0.25) is 0 Å². The smallest absolute Gasteiger partial charge is 0.230 e. The van der Waals surface area contributed by atoms with Crippen molar-refractivity contribution in [3.05, 3.63) is 36.3 Å². The van der Waals surface area contributed by atoms with E-state index in [2.05, 4.69) is 4.98 Å². The first kappa shape index (κ1) is 10.0. The Balaban J connectivity index is 1.90. The molecule has 0 aliphatic carbocycles. The number of amides is 1. The predicted molar refractivity (Wildman–Crippen MR) is 60.2 cm³/mol. The summed E-state index contributed by atoms with van der Waals surface area (Å²) in [6.45, 7) is 0.661. The molecule has 86 valence electrons. The van der Waals surface area contributed by atoms with E-state index in [1.807, 2.05) is 28.8 Å². The summed E-state index contributed by atoms with van der Waals surface area (Å²) in [6.07, 6.45) is 3.68. The van der Waals surface area contributed by atoms with Crippen molar-refractivity contribution in [3.8, 4) is 0 Å². The van der Waals surface area contributed by atoms with Gasteiger partial charge >= 0.3 is 0 Å². The number of rotatable bonds is 2. The molecule has 0 aromatic carbocycles. The second kappa shape index (κ2) is 3.69. The van der Waals surface area contributed by atoms with Crippen LogP contribution in [0.15, 0.2) is 30.6 Å². The largest absolute Gasteiger partial charge is 0.329 e. The van der Waals surface area contributed by atoms with Crippen molar-refractivity contribution in [2.24, 2.45) is 0 Å². The Hall–Kier alpha value is -2.17. The number of hydrogen-bond acceptors (Lipinski definition) is 3. The van der Waals surface area contributed by atoms with Gasteiger partial charge in [0.2, 0.25) is 5.91 Å². The number of nitrogens with zero attached hydrogens (tertiary/aromatic N) is 3. The highest BCUT2D eigenvalue weighted by Gasteiger charge is 2.27. The number of fused-ring (bicyclic) bond motifs is 1. The standard InChI is InChI=1S/C12H11N3O2/c16-10-5-12(17)14(8-10)7-9-6-13-11-3-1-2-4-15(9)11/h1-4,6H,5,7-8H2. The molecule has 0 saturated carbocycles. The third-order valence-corrected chi connectivity index (χ3v) is 2.91. The van der Waals surface area contributed by atoms with Crippen LogP contribution in [0.25, 0.3) is 5.65 Å². The molecule has 3 heterocycles. The second-order valence-electron chi connectivity index (χ2n) is 4.14. The summed E-state index contributed by atoms with van der Waals surface area (Å²) in [5, 5.41) is 0. The van der Waals surface area contributed by atoms with Crippen molar-refractivity contribution < 1.29 is 9.59 Å². The summed E-state index contributed by atoms with van der Waals surface area (Å²) in [7, 11) is 0. The zero-order valence-electron chi connectivity index (χ0n) is 9.17. The Morgan fingerprint density at radius 2 is 2.18 bits per heavy atom. The molecule has 3 rings (SSSR count). The van der Waals surface area contributed by atoms with Crippen LogP contribution in [-0.2, 0) is 16.1 Å². The number of carbonyl (C=O) groups is 2. The van der Waals surface area contributed by atoms with Crippen LogP contribution in [0.3, 0.4) is 0 Å². The Labute approximate surface area is 97.7 Å². The van der Waals surface area contributed by atoms with E-state index >= 15 is 0 Å². The highest BCUT2D eigenvalue weighted by atomic mass is 16.2. The number of imidazole rings is 1. The predicted octanol–water partition coefficient (Wildman–Crippen LogP) is 0.636. The maximum Gasteiger partial charge on any atom is 0.230 e. The third-order valence-electron chi connectivity index (χ3n) is 2.91. The van der Waals surface area contributed by atoms with Gasteiger partial charge in [-0.1, -0.05) is 6.07 Å². The zero-order valence-corrected chi connectivity index (χ0v) is 9.17. The molecule has 0 spiro atoms. The molecule has 0 radical (unpaired) electrons. The van der Waals surface area contributed by atoms with Gasteiger partial charge in [-0.25, -0.2) is 4.98 Å². The lowest BCUT2D eigenvalue weighted by molar-refractivity contribution is -0.128. The lowest BCUT2D eigenvalue weighted by Crippen LogP contribution is -2.25. The summed E-state index contributed by atoms with van der Waals surface area (Å²) in [5.41, 5.74) is 1.77. The summed E-state index contributed by atoms with van der Waals surface area (Å²) in [4.78, 5) is 28.5. The minimum atomic E-state index is -0.0964. The van der Waals surface area contributed by atoms with Crippen LogP contribution in [0.4, 0.5) is 0 Å². The lowest BCUT2D eigenvalue weighted by atomic mass is 10.3. The van der Waals surface area contributed by atoms with Crippen LogP contribution < -0.4 is 0 Å². The van der Waals surface area contributed by atoms with Crippen LogP contribution in [0, 0.1) is 0 Å². The monoisotopic (exact) mass is 229 g/mol. The number of carbonyl (C=O) groups excluding carboxylic acids is 2. The molecule has 1 saturated heterocycles. The molecular formula is C12H11N3O2. The van der Waals surface area contributed by atoms with Crippen LogP contribution in [0.1, 0.15) is 12.1 Å². The Kier molecular flexibility index (Phi) is 2.18. The van der Waals surface area contributed by atoms with E-state index in [0.717, 1.165) is 11.3 Å². The van der Waals surface area contributed by atoms with Gasteiger partial charge in [0.25, 0.3) is 0 Å². The minimum absolute atomic E-state index is 0.0104. The molecule has 2 aromatic rings. The van der Waals surface area contributed by atoms with Crippen LogP contribution in [0.5, 0.6) is 0 Å². The second-order valence-corrected chi connectivity index (χ2v) is 4.14. The molecule has 0 atom stereocenters. The van der Waals surface area contributed by atoms with Crippen molar-refractivity contribution in [2.45, 2.75) is 13.0 Å². The number of pyridine rings is 1. The molecule has 5 heteroatoms. The van der Waals surface area contributed by atoms with Gasteiger partial charge in [0.15, 0.2) is 5.78 Å². The van der Waals surface area contributed by atoms with Crippen molar-refractivity contribution in [3.63, 3.8) is 0 Å². The van der Waals surface area contributed by atoms with Gasteiger partial charge in [-0.3, -0.25) is 9.59 Å². The van der Waals surface area contributed by atoms with Crippen molar-refractivity contribution in [2.75, 3.05) is 6.54 Å². The topological polar surface area (TPSA) is 54.7 Å². The quantitative estimate of drug-likeness (QED) is 0.710. The van der Waals surface area contributed by atoms with Gasteiger partial charge in [-0.15, -0.1) is 0 Å². The molecular weight excluding hydrogens is 218 g/mol. The molecule has 0 bridgehead atoms. The first-order chi connectivity index (χ1) is 8.24. The number of aromatic nitrogens is 2. The van der Waals surface area contributed by atoms with E-state index in [1.165, 1.54) is 0 Å². The van der Waals surface area contributed by atoms with Crippen LogP contribution in [-0.4, -0.2) is 32.5 Å². The molecule has 1 aliphatic rings. The van der Waals surface area contributed by atoms with Gasteiger partial charge in [-0.2, -0.15) is 0 Å². The van der Waals surface area contributed by atoms with Crippen LogP contribution >= 0.6 is 0 Å². The first-order valence-electron chi connectivity index (χ1n) is 5.44. The maximum atomic E-state index is 11.5. The highest BCUT2D eigenvalue weighted by molar-refractivity contribution is 6.05. The molecule has 1 amide bonds. The highest BCUT2D eigenvalue weighted by Crippen LogP contribution is 2.13. The lowest BCUT2D eigenvalue weighted by Gasteiger charge is -2.13. The Morgan fingerprint density at radius 3 is 2.94 bits per heavy atom. The van der Waals surface area contributed by atoms with Crippen molar-refractivity contribution >= 4 is 17.3 Å². The number of likely N-dealkylation sites (tertiary alicyclic amines) is 1. The zero-order chi connectivity index (χ0) is 11.8. The average Bonchev–Trinajstić information content (AvgIpc) is 2.85. The normalized spacial score (nSPS) is 16.1. The molecule has 17 heavy (non-hydrogen) atoms. The fourth-order valence-corrected chi connectivity index (χ4v) is 2.08. The van der Waals surface area contributed by atoms with Gasteiger partial charge in [0.05, 0.1) is 31.4 Å². The van der Waals surface area contributed by atoms with Crippen molar-refractivity contribution in [1.82, 2.24) is 14.3 Å². The van der Waals surface area contributed by atoms with Gasteiger partial charge < -0.3 is 9.30 Å². The molecule has 2 aromatic heterocycles. The Morgan fingerprint density at radius 1 is 1.29 bits per heavy atom. The fraction of sp³-hybridized carbons (Fsp3) is 0.250. The van der Waals surface area contributed by atoms with E-state index in [1.54, 1.807) is 11.1 Å². The first-order valence-corrected chi connectivity index (χ1v) is 5.44.